The van der Waals surface area contributed by atoms with E-state index in [0.717, 1.165) is 17.1 Å². The summed E-state index contributed by atoms with van der Waals surface area (Å²) in [5, 5.41) is 4.33. The van der Waals surface area contributed by atoms with E-state index in [2.05, 4.69) is 15.1 Å². The van der Waals surface area contributed by atoms with E-state index in [1.165, 1.54) is 6.07 Å². The minimum atomic E-state index is -0.199. The van der Waals surface area contributed by atoms with Crippen molar-refractivity contribution in [3.8, 4) is 5.75 Å². The highest BCUT2D eigenvalue weighted by atomic mass is 16.5. The van der Waals surface area contributed by atoms with Gasteiger partial charge in [0.15, 0.2) is 0 Å². The molecule has 0 saturated carbocycles. The molecule has 4 heterocycles. The predicted molar refractivity (Wildman–Crippen MR) is 106 cm³/mol. The Morgan fingerprint density at radius 1 is 1.07 bits per heavy atom. The van der Waals surface area contributed by atoms with E-state index in [9.17, 15) is 9.59 Å². The van der Waals surface area contributed by atoms with Crippen LogP contribution in [0.25, 0.3) is 5.78 Å². The second-order valence-electron chi connectivity index (χ2n) is 7.53. The number of aryl methyl sites for hydroxylation is 3. The van der Waals surface area contributed by atoms with Gasteiger partial charge in [0, 0.05) is 56.1 Å². The maximum absolute atomic E-state index is 12.8. The van der Waals surface area contributed by atoms with Crippen LogP contribution in [0.15, 0.2) is 23.0 Å². The van der Waals surface area contributed by atoms with Crippen LogP contribution in [0.2, 0.25) is 0 Å². The molecule has 4 rings (SSSR count). The summed E-state index contributed by atoms with van der Waals surface area (Å²) in [5.41, 5.74) is 2.47. The van der Waals surface area contributed by atoms with Crippen LogP contribution in [0.1, 0.15) is 40.5 Å². The van der Waals surface area contributed by atoms with Crippen molar-refractivity contribution >= 4 is 11.7 Å². The van der Waals surface area contributed by atoms with Crippen LogP contribution in [0.5, 0.6) is 5.75 Å². The van der Waals surface area contributed by atoms with Gasteiger partial charge in [0.2, 0.25) is 5.82 Å². The van der Waals surface area contributed by atoms with Crippen LogP contribution in [0.4, 0.5) is 0 Å². The smallest absolute Gasteiger partial charge is 0.293 e. The molecule has 0 aromatic carbocycles. The van der Waals surface area contributed by atoms with Gasteiger partial charge in [0.1, 0.15) is 11.9 Å². The zero-order valence-electron chi connectivity index (χ0n) is 17.0. The summed E-state index contributed by atoms with van der Waals surface area (Å²) in [6.45, 7) is 6.77. The molecule has 0 aliphatic carbocycles. The molecule has 1 fully saturated rings. The Morgan fingerprint density at radius 3 is 2.48 bits per heavy atom. The number of carbonyl (C=O) groups excluding carboxylic acids is 1. The average Bonchev–Trinajstić information content (AvgIpc) is 3.10. The van der Waals surface area contributed by atoms with Gasteiger partial charge in [-0.15, -0.1) is 5.10 Å². The molecule has 3 aromatic heterocycles. The van der Waals surface area contributed by atoms with E-state index in [-0.39, 0.29) is 23.4 Å². The highest BCUT2D eigenvalue weighted by molar-refractivity contribution is 5.91. The summed E-state index contributed by atoms with van der Waals surface area (Å²) in [4.78, 5) is 35.1. The van der Waals surface area contributed by atoms with Crippen LogP contribution in [-0.2, 0) is 7.05 Å². The van der Waals surface area contributed by atoms with Gasteiger partial charge in [0.25, 0.3) is 17.2 Å². The van der Waals surface area contributed by atoms with Gasteiger partial charge in [-0.3, -0.25) is 9.59 Å². The molecular formula is C20H24N6O3. The molecule has 9 heteroatoms. The highest BCUT2D eigenvalue weighted by Crippen LogP contribution is 2.20. The first-order chi connectivity index (χ1) is 13.8. The monoisotopic (exact) mass is 396 g/mol. The number of carbonyl (C=O) groups is 1. The predicted octanol–water partition coefficient (Wildman–Crippen LogP) is 1.43. The van der Waals surface area contributed by atoms with Crippen molar-refractivity contribution in [2.45, 2.75) is 39.7 Å². The lowest BCUT2D eigenvalue weighted by molar-refractivity contribution is 0.0584. The van der Waals surface area contributed by atoms with Crippen LogP contribution in [-0.4, -0.2) is 54.1 Å². The summed E-state index contributed by atoms with van der Waals surface area (Å²) < 4.78 is 9.16. The summed E-state index contributed by atoms with van der Waals surface area (Å²) in [7, 11) is 1.73. The quantitative estimate of drug-likeness (QED) is 0.665. The molecule has 0 radical (unpaired) electrons. The van der Waals surface area contributed by atoms with Crippen LogP contribution >= 0.6 is 0 Å². The number of rotatable bonds is 3. The molecule has 0 bridgehead atoms. The van der Waals surface area contributed by atoms with E-state index in [4.69, 9.17) is 4.74 Å². The lowest BCUT2D eigenvalue weighted by Gasteiger charge is -2.31. The van der Waals surface area contributed by atoms with Crippen LogP contribution < -0.4 is 10.3 Å². The van der Waals surface area contributed by atoms with E-state index >= 15 is 0 Å². The fraction of sp³-hybridized carbons (Fsp3) is 0.450. The molecule has 0 unspecified atom stereocenters. The van der Waals surface area contributed by atoms with Crippen molar-refractivity contribution in [3.05, 3.63) is 51.5 Å². The van der Waals surface area contributed by atoms with Crippen molar-refractivity contribution in [3.63, 3.8) is 0 Å². The number of nitrogens with zero attached hydrogens (tertiary/aromatic N) is 6. The third-order valence-electron chi connectivity index (χ3n) is 5.32. The lowest BCUT2D eigenvalue weighted by atomic mass is 10.1. The Balaban J connectivity index is 1.42. The first-order valence-electron chi connectivity index (χ1n) is 9.66. The Hall–Kier alpha value is -3.23. The number of pyridine rings is 1. The molecule has 1 saturated heterocycles. The molecule has 1 aliphatic rings. The van der Waals surface area contributed by atoms with Gasteiger partial charge in [-0.1, -0.05) is 0 Å². The van der Waals surface area contributed by atoms with Crippen molar-refractivity contribution in [2.75, 3.05) is 13.1 Å². The average molecular weight is 396 g/mol. The first-order valence-corrected chi connectivity index (χ1v) is 9.66. The van der Waals surface area contributed by atoms with Gasteiger partial charge < -0.3 is 14.2 Å². The summed E-state index contributed by atoms with van der Waals surface area (Å²) in [6, 6.07) is 5.26. The fourth-order valence-corrected chi connectivity index (χ4v) is 3.57. The summed E-state index contributed by atoms with van der Waals surface area (Å²) in [6.07, 6.45) is 1.33. The minimum absolute atomic E-state index is 0.0360. The molecule has 152 valence electrons. The van der Waals surface area contributed by atoms with E-state index in [1.54, 1.807) is 21.0 Å². The third kappa shape index (κ3) is 3.72. The number of amides is 1. The van der Waals surface area contributed by atoms with Crippen LogP contribution in [0.3, 0.4) is 0 Å². The minimum Gasteiger partial charge on any atom is -0.490 e. The van der Waals surface area contributed by atoms with Gasteiger partial charge in [-0.05, 0) is 32.9 Å². The van der Waals surface area contributed by atoms with Crippen LogP contribution in [0, 0.1) is 20.8 Å². The summed E-state index contributed by atoms with van der Waals surface area (Å²) >= 11 is 0. The number of hydrogen-bond donors (Lipinski definition) is 0. The van der Waals surface area contributed by atoms with Crippen molar-refractivity contribution in [1.29, 1.82) is 0 Å². The summed E-state index contributed by atoms with van der Waals surface area (Å²) in [5.74, 6) is 0.975. The first kappa shape index (κ1) is 19.1. The Morgan fingerprint density at radius 2 is 1.79 bits per heavy atom. The molecular weight excluding hydrogens is 372 g/mol. The standard InChI is InChI=1S/C20H24N6O3/c1-12-9-14(3)26-20(21-12)22-18(23-26)19(28)25-7-5-15(6-8-25)29-16-10-13(2)24(4)17(27)11-16/h9-11,15H,5-8H2,1-4H3. The molecule has 0 spiro atoms. The van der Waals surface area contributed by atoms with Gasteiger partial charge in [-0.2, -0.15) is 4.98 Å². The lowest BCUT2D eigenvalue weighted by Crippen LogP contribution is -2.42. The molecule has 1 aliphatic heterocycles. The zero-order valence-corrected chi connectivity index (χ0v) is 17.0. The number of ether oxygens (including phenoxy) is 1. The number of likely N-dealkylation sites (tertiary alicyclic amines) is 1. The topological polar surface area (TPSA) is 94.6 Å². The zero-order chi connectivity index (χ0) is 20.7. The van der Waals surface area contributed by atoms with Gasteiger partial charge in [0.05, 0.1) is 0 Å². The second kappa shape index (κ2) is 7.31. The van der Waals surface area contributed by atoms with Crippen molar-refractivity contribution in [1.82, 2.24) is 29.0 Å². The Kier molecular flexibility index (Phi) is 4.81. The number of piperidine rings is 1. The molecule has 9 nitrogen and oxygen atoms in total. The maximum atomic E-state index is 12.8. The number of hydrogen-bond acceptors (Lipinski definition) is 6. The molecule has 29 heavy (non-hydrogen) atoms. The van der Waals surface area contributed by atoms with Gasteiger partial charge >= 0.3 is 0 Å². The van der Waals surface area contributed by atoms with E-state index in [1.807, 2.05) is 32.9 Å². The van der Waals surface area contributed by atoms with Crippen molar-refractivity contribution < 1.29 is 9.53 Å². The maximum Gasteiger partial charge on any atom is 0.293 e. The molecule has 0 N–H and O–H groups in total. The Bertz CT molecular complexity index is 1140. The second-order valence-corrected chi connectivity index (χ2v) is 7.53. The third-order valence-corrected chi connectivity index (χ3v) is 5.32. The van der Waals surface area contributed by atoms with Crippen molar-refractivity contribution in [2.24, 2.45) is 7.05 Å². The molecule has 1 amide bonds. The normalized spacial score (nSPS) is 15.1. The van der Waals surface area contributed by atoms with E-state index in [0.29, 0.717) is 37.5 Å². The van der Waals surface area contributed by atoms with Gasteiger partial charge in [-0.25, -0.2) is 9.50 Å². The largest absolute Gasteiger partial charge is 0.490 e. The van der Waals surface area contributed by atoms with E-state index < -0.39 is 0 Å². The number of aromatic nitrogens is 5. The SMILES string of the molecule is Cc1cc(C)n2nc(C(=O)N3CCC(Oc4cc(C)n(C)c(=O)c4)CC3)nc2n1. The molecule has 0 atom stereocenters. The molecule has 3 aromatic rings. The highest BCUT2D eigenvalue weighted by Gasteiger charge is 2.27. The number of fused-ring (bicyclic) bond motifs is 1. The Labute approximate surface area is 168 Å². The fourth-order valence-electron chi connectivity index (χ4n) is 3.57.